The van der Waals surface area contributed by atoms with Gasteiger partial charge in [-0.25, -0.2) is 0 Å². The molecule has 10 atom stereocenters. The van der Waals surface area contributed by atoms with E-state index in [1.807, 2.05) is 0 Å². The van der Waals surface area contributed by atoms with E-state index < -0.39 is 0 Å². The fourth-order valence-electron chi connectivity index (χ4n) is 11.8. The van der Waals surface area contributed by atoms with Crippen molar-refractivity contribution < 1.29 is 5.11 Å². The lowest BCUT2D eigenvalue weighted by atomic mass is 9.41. The van der Waals surface area contributed by atoms with Gasteiger partial charge in [0.25, 0.3) is 0 Å². The van der Waals surface area contributed by atoms with Crippen molar-refractivity contribution in [2.75, 3.05) is 0 Å². The first kappa shape index (κ1) is 24.4. The summed E-state index contributed by atoms with van der Waals surface area (Å²) in [6.07, 6.45) is 16.4. The third kappa shape index (κ3) is 2.99. The molecule has 0 amide bonds. The van der Waals surface area contributed by atoms with Crippen LogP contribution in [0.5, 0.6) is 0 Å². The number of aliphatic hydroxyl groups is 1. The van der Waals surface area contributed by atoms with E-state index >= 15 is 0 Å². The van der Waals surface area contributed by atoms with E-state index in [1.165, 1.54) is 76.2 Å². The Hall–Kier alpha value is -0.300. The summed E-state index contributed by atoms with van der Waals surface area (Å²) >= 11 is 0. The van der Waals surface area contributed by atoms with E-state index in [1.54, 1.807) is 0 Å². The summed E-state index contributed by atoms with van der Waals surface area (Å²) < 4.78 is 0. The van der Waals surface area contributed by atoms with Crippen molar-refractivity contribution in [3.05, 3.63) is 12.2 Å². The van der Waals surface area contributed by atoms with Crippen LogP contribution in [0.3, 0.4) is 0 Å². The second-order valence-corrected chi connectivity index (χ2v) is 15.0. The Bertz CT molecular complexity index is 796. The molecule has 0 aliphatic heterocycles. The molecule has 33 heavy (non-hydrogen) atoms. The van der Waals surface area contributed by atoms with E-state index in [2.05, 4.69) is 55.0 Å². The lowest BCUT2D eigenvalue weighted by molar-refractivity contribution is -0.161. The molecule has 0 aromatic heterocycles. The Labute approximate surface area is 205 Å². The molecule has 2 spiro atoms. The zero-order chi connectivity index (χ0) is 24.0. The molecule has 5 aliphatic carbocycles. The van der Waals surface area contributed by atoms with Gasteiger partial charge in [-0.3, -0.25) is 0 Å². The van der Waals surface area contributed by atoms with Crippen LogP contribution >= 0.6 is 0 Å². The summed E-state index contributed by atoms with van der Waals surface area (Å²) in [6, 6.07) is 0. The Kier molecular flexibility index (Phi) is 5.62. The van der Waals surface area contributed by atoms with E-state index in [9.17, 15) is 5.11 Å². The van der Waals surface area contributed by atoms with Gasteiger partial charge in [-0.15, -0.1) is 0 Å². The summed E-state index contributed by atoms with van der Waals surface area (Å²) in [7, 11) is 0. The van der Waals surface area contributed by atoms with Crippen LogP contribution < -0.4 is 0 Å². The Morgan fingerprint density at radius 3 is 2.21 bits per heavy atom. The molecule has 0 aromatic carbocycles. The lowest BCUT2D eigenvalue weighted by Crippen LogP contribution is -2.57. The molecule has 5 rings (SSSR count). The molecule has 5 fully saturated rings. The number of hydrogen-bond acceptors (Lipinski definition) is 1. The molecule has 0 aromatic rings. The van der Waals surface area contributed by atoms with Crippen LogP contribution in [0.4, 0.5) is 0 Å². The molecule has 1 nitrogen and oxygen atoms in total. The van der Waals surface area contributed by atoms with Gasteiger partial charge in [0, 0.05) is 0 Å². The quantitative estimate of drug-likeness (QED) is 0.397. The molecular formula is C32H54O. The van der Waals surface area contributed by atoms with Gasteiger partial charge in [-0.2, -0.15) is 0 Å². The average Bonchev–Trinajstić information content (AvgIpc) is 3.34. The smallest absolute Gasteiger partial charge is 0.0594 e. The molecule has 5 aliphatic rings. The Balaban J connectivity index is 1.37. The summed E-state index contributed by atoms with van der Waals surface area (Å²) in [4.78, 5) is 0. The average molecular weight is 455 g/mol. The van der Waals surface area contributed by atoms with E-state index in [0.717, 1.165) is 30.1 Å². The van der Waals surface area contributed by atoms with Crippen LogP contribution in [-0.4, -0.2) is 11.2 Å². The summed E-state index contributed by atoms with van der Waals surface area (Å²) in [5, 5.41) is 10.9. The molecule has 0 heterocycles. The van der Waals surface area contributed by atoms with Crippen LogP contribution in [0.1, 0.15) is 126 Å². The molecule has 1 N–H and O–H groups in total. The van der Waals surface area contributed by atoms with Gasteiger partial charge in [0.15, 0.2) is 0 Å². The van der Waals surface area contributed by atoms with Gasteiger partial charge in [-0.05, 0) is 141 Å². The largest absolute Gasteiger partial charge is 0.393 e. The summed E-state index contributed by atoms with van der Waals surface area (Å²) in [5.41, 5.74) is 3.74. The van der Waals surface area contributed by atoms with Crippen LogP contribution in [0.2, 0.25) is 0 Å². The third-order valence-corrected chi connectivity index (χ3v) is 14.0. The Morgan fingerprint density at radius 1 is 0.879 bits per heavy atom. The molecule has 1 heteroatoms. The van der Waals surface area contributed by atoms with Gasteiger partial charge in [0.05, 0.1) is 6.10 Å². The van der Waals surface area contributed by atoms with Crippen molar-refractivity contribution in [2.24, 2.45) is 56.7 Å². The van der Waals surface area contributed by atoms with Crippen LogP contribution in [-0.2, 0) is 0 Å². The normalized spacial score (nSPS) is 51.5. The van der Waals surface area contributed by atoms with Crippen molar-refractivity contribution in [1.29, 1.82) is 0 Å². The highest BCUT2D eigenvalue weighted by atomic mass is 16.3. The number of aliphatic hydroxyl groups excluding tert-OH is 1. The molecule has 0 bridgehead atoms. The number of fused-ring (bicyclic) bond motifs is 2. The highest BCUT2D eigenvalue weighted by Gasteiger charge is 2.82. The molecule has 0 saturated heterocycles. The van der Waals surface area contributed by atoms with Crippen LogP contribution in [0.25, 0.3) is 0 Å². The highest BCUT2D eigenvalue weighted by molar-refractivity contribution is 5.30. The molecule has 5 saturated carbocycles. The van der Waals surface area contributed by atoms with Gasteiger partial charge in [0.2, 0.25) is 0 Å². The van der Waals surface area contributed by atoms with Crippen molar-refractivity contribution in [1.82, 2.24) is 0 Å². The fourth-order valence-corrected chi connectivity index (χ4v) is 11.8. The van der Waals surface area contributed by atoms with Crippen LogP contribution in [0.15, 0.2) is 12.2 Å². The number of hydrogen-bond donors (Lipinski definition) is 1. The minimum atomic E-state index is -0.0883. The first-order valence-electron chi connectivity index (χ1n) is 14.7. The predicted molar refractivity (Wildman–Crippen MR) is 140 cm³/mol. The van der Waals surface area contributed by atoms with Crippen LogP contribution in [0, 0.1) is 56.7 Å². The first-order valence-corrected chi connectivity index (χ1v) is 14.7. The number of rotatable bonds is 6. The predicted octanol–water partition coefficient (Wildman–Crippen LogP) is 8.81. The molecule has 0 radical (unpaired) electrons. The zero-order valence-corrected chi connectivity index (χ0v) is 23.1. The zero-order valence-electron chi connectivity index (χ0n) is 23.1. The van der Waals surface area contributed by atoms with Crippen molar-refractivity contribution in [3.8, 4) is 0 Å². The van der Waals surface area contributed by atoms with E-state index in [4.69, 9.17) is 0 Å². The second kappa shape index (κ2) is 7.60. The molecular weight excluding hydrogens is 400 g/mol. The molecule has 0 unspecified atom stereocenters. The SMILES string of the molecule is C=C(C)[C@H](CC)CC[C@@H](C)[C@@H]1CC[C@@]2(C)[C@@H]3CC[C@H]4C(C)(C)[C@@H](O)CC[C@@]45C[C@@]35CC[C@]12C. The second-order valence-electron chi connectivity index (χ2n) is 15.0. The first-order chi connectivity index (χ1) is 15.4. The standard InChI is InChI=1S/C32H54O/c1-9-23(21(2)3)11-10-22(4)24-14-16-30(8)26-13-12-25-28(5,6)27(33)15-17-31(25)20-32(26,31)19-18-29(24,30)7/h22-27,33H,2,9-20H2,1,3-8H3/t22-,23-,24+,25+,26+,27+,29-,30+,31-,32+/m1/s1. The number of allylic oxidation sites excluding steroid dienone is 1. The minimum Gasteiger partial charge on any atom is -0.393 e. The maximum atomic E-state index is 10.9. The van der Waals surface area contributed by atoms with Crippen molar-refractivity contribution >= 4 is 0 Å². The third-order valence-electron chi connectivity index (χ3n) is 14.0. The van der Waals surface area contributed by atoms with Crippen molar-refractivity contribution in [3.63, 3.8) is 0 Å². The Morgan fingerprint density at radius 2 is 1.55 bits per heavy atom. The molecule has 188 valence electrons. The van der Waals surface area contributed by atoms with Crippen molar-refractivity contribution in [2.45, 2.75) is 132 Å². The van der Waals surface area contributed by atoms with E-state index in [0.29, 0.717) is 27.6 Å². The van der Waals surface area contributed by atoms with E-state index in [-0.39, 0.29) is 11.5 Å². The monoisotopic (exact) mass is 454 g/mol. The minimum absolute atomic E-state index is 0.0883. The maximum absolute atomic E-state index is 10.9. The fraction of sp³-hybridized carbons (Fsp3) is 0.938. The van der Waals surface area contributed by atoms with Gasteiger partial charge < -0.3 is 5.11 Å². The topological polar surface area (TPSA) is 20.2 Å². The van der Waals surface area contributed by atoms with Gasteiger partial charge in [0.1, 0.15) is 0 Å². The maximum Gasteiger partial charge on any atom is 0.0594 e. The van der Waals surface area contributed by atoms with Gasteiger partial charge in [-0.1, -0.05) is 53.7 Å². The lowest BCUT2D eigenvalue weighted by Gasteiger charge is -2.63. The summed E-state index contributed by atoms with van der Waals surface area (Å²) in [5.74, 6) is 4.14. The highest BCUT2D eigenvalue weighted by Crippen LogP contribution is 2.89. The summed E-state index contributed by atoms with van der Waals surface area (Å²) in [6.45, 7) is 21.7. The van der Waals surface area contributed by atoms with Gasteiger partial charge >= 0.3 is 0 Å².